The van der Waals surface area contributed by atoms with E-state index in [0.29, 0.717) is 10.2 Å². The van der Waals surface area contributed by atoms with Crippen LogP contribution < -0.4 is 0 Å². The van der Waals surface area contributed by atoms with E-state index in [-0.39, 0.29) is 22.9 Å². The Labute approximate surface area is 138 Å². The molecule has 1 aliphatic heterocycles. The summed E-state index contributed by atoms with van der Waals surface area (Å²) in [5.74, 6) is 0.805. The van der Waals surface area contributed by atoms with Crippen molar-refractivity contribution in [3.05, 3.63) is 28.7 Å². The average molecular weight is 414 g/mol. The molecule has 1 aromatic rings. The van der Waals surface area contributed by atoms with Crippen LogP contribution in [0.4, 0.5) is 0 Å². The largest absolute Gasteiger partial charge is 0.245 e. The first kappa shape index (κ1) is 17.3. The quantitative estimate of drug-likeness (QED) is 0.753. The van der Waals surface area contributed by atoms with Crippen molar-refractivity contribution in [1.29, 1.82) is 0 Å². The molecule has 1 unspecified atom stereocenters. The van der Waals surface area contributed by atoms with Gasteiger partial charge in [0.05, 0.1) is 4.90 Å². The molecular weight excluding hydrogens is 398 g/mol. The molecule has 0 aromatic heterocycles. The van der Waals surface area contributed by atoms with Gasteiger partial charge in [0.15, 0.2) is 9.84 Å². The lowest BCUT2D eigenvalue weighted by Gasteiger charge is -2.33. The van der Waals surface area contributed by atoms with Crippen LogP contribution in [0.25, 0.3) is 0 Å². The molecule has 0 saturated carbocycles. The highest BCUT2D eigenvalue weighted by molar-refractivity contribution is 9.10. The number of rotatable bonds is 4. The van der Waals surface area contributed by atoms with Crippen molar-refractivity contribution in [2.75, 3.05) is 23.8 Å². The van der Waals surface area contributed by atoms with Gasteiger partial charge in [0.2, 0.25) is 10.0 Å². The third-order valence-electron chi connectivity index (χ3n) is 3.28. The summed E-state index contributed by atoms with van der Waals surface area (Å²) in [7, 11) is -7.30. The van der Waals surface area contributed by atoms with E-state index in [4.69, 9.17) is 0 Å². The van der Waals surface area contributed by atoms with Crippen molar-refractivity contribution in [3.63, 3.8) is 0 Å². The lowest BCUT2D eigenvalue weighted by molar-refractivity contribution is 0.403. The molecule has 0 spiro atoms. The highest BCUT2D eigenvalue weighted by Gasteiger charge is 2.41. The number of benzene rings is 1. The molecule has 1 aromatic carbocycles. The molecule has 1 aliphatic rings. The van der Waals surface area contributed by atoms with Crippen LogP contribution in [0.3, 0.4) is 0 Å². The normalized spacial score (nSPS) is 21.3. The van der Waals surface area contributed by atoms with E-state index in [1.165, 1.54) is 24.8 Å². The average Bonchev–Trinajstić information content (AvgIpc) is 2.47. The molecule has 0 radical (unpaired) electrons. The molecule has 21 heavy (non-hydrogen) atoms. The summed E-state index contributed by atoms with van der Waals surface area (Å²) in [6.07, 6.45) is 0. The standard InChI is InChI=1S/C12H16BrNO4S3/c1-2-20(15,16)12-9-19-8-7-14(12)21(17,18)11-6-4-3-5-10(11)13/h3-6,12H,2,7-9H2,1H3. The monoisotopic (exact) mass is 413 g/mol. The predicted molar refractivity (Wildman–Crippen MR) is 88.6 cm³/mol. The SMILES string of the molecule is CCS(=O)(=O)C1CSCCN1S(=O)(=O)c1ccccc1Br. The summed E-state index contributed by atoms with van der Waals surface area (Å²) < 4.78 is 51.6. The van der Waals surface area contributed by atoms with Crippen LogP contribution in [0.15, 0.2) is 33.6 Å². The maximum Gasteiger partial charge on any atom is 0.245 e. The maximum absolute atomic E-state index is 12.8. The molecule has 0 N–H and O–H groups in total. The third kappa shape index (κ3) is 3.47. The van der Waals surface area contributed by atoms with Crippen molar-refractivity contribution in [1.82, 2.24) is 4.31 Å². The smallest absolute Gasteiger partial charge is 0.227 e. The molecule has 1 saturated heterocycles. The Morgan fingerprint density at radius 3 is 2.57 bits per heavy atom. The Balaban J connectivity index is 2.49. The predicted octanol–water partition coefficient (Wildman–Crippen LogP) is 1.95. The van der Waals surface area contributed by atoms with Crippen LogP contribution >= 0.6 is 27.7 Å². The van der Waals surface area contributed by atoms with Crippen molar-refractivity contribution in [2.24, 2.45) is 0 Å². The zero-order valence-electron chi connectivity index (χ0n) is 11.4. The Morgan fingerprint density at radius 2 is 1.95 bits per heavy atom. The van der Waals surface area contributed by atoms with E-state index in [0.717, 1.165) is 4.31 Å². The van der Waals surface area contributed by atoms with Crippen LogP contribution in [0.1, 0.15) is 6.92 Å². The Hall–Kier alpha value is -0.0900. The molecule has 118 valence electrons. The van der Waals surface area contributed by atoms with Gasteiger partial charge in [0, 0.05) is 28.3 Å². The lowest BCUT2D eigenvalue weighted by Crippen LogP contribution is -2.50. The fourth-order valence-electron chi connectivity index (χ4n) is 2.10. The van der Waals surface area contributed by atoms with Gasteiger partial charge in [-0.05, 0) is 28.1 Å². The summed E-state index contributed by atoms with van der Waals surface area (Å²) in [6.45, 7) is 1.75. The zero-order chi connectivity index (χ0) is 15.7. The van der Waals surface area contributed by atoms with Crippen LogP contribution in [0.5, 0.6) is 0 Å². The minimum atomic E-state index is -3.84. The van der Waals surface area contributed by atoms with E-state index in [2.05, 4.69) is 15.9 Å². The molecule has 9 heteroatoms. The first-order chi connectivity index (χ1) is 9.80. The number of halogens is 1. The molecule has 0 amide bonds. The van der Waals surface area contributed by atoms with Gasteiger partial charge in [0.25, 0.3) is 0 Å². The third-order valence-corrected chi connectivity index (χ3v) is 9.62. The van der Waals surface area contributed by atoms with Gasteiger partial charge in [0.1, 0.15) is 5.37 Å². The van der Waals surface area contributed by atoms with E-state index in [1.807, 2.05) is 0 Å². The van der Waals surface area contributed by atoms with Gasteiger partial charge in [-0.3, -0.25) is 0 Å². The molecule has 2 rings (SSSR count). The number of hydrogen-bond acceptors (Lipinski definition) is 5. The number of thioether (sulfide) groups is 1. The van der Waals surface area contributed by atoms with Crippen LogP contribution in [0, 0.1) is 0 Å². The topological polar surface area (TPSA) is 71.5 Å². The van der Waals surface area contributed by atoms with Crippen LogP contribution in [-0.2, 0) is 19.9 Å². The van der Waals surface area contributed by atoms with Gasteiger partial charge in [-0.25, -0.2) is 16.8 Å². The van der Waals surface area contributed by atoms with E-state index in [9.17, 15) is 16.8 Å². The summed E-state index contributed by atoms with van der Waals surface area (Å²) in [5.41, 5.74) is 0. The highest BCUT2D eigenvalue weighted by Crippen LogP contribution is 2.31. The number of hydrogen-bond donors (Lipinski definition) is 0. The minimum absolute atomic E-state index is 0.0692. The molecule has 0 aliphatic carbocycles. The summed E-state index contributed by atoms with van der Waals surface area (Å²) in [5, 5.41) is -0.988. The summed E-state index contributed by atoms with van der Waals surface area (Å²) in [4.78, 5) is 0.105. The van der Waals surface area contributed by atoms with E-state index in [1.54, 1.807) is 18.2 Å². The van der Waals surface area contributed by atoms with Crippen molar-refractivity contribution in [3.8, 4) is 0 Å². The second-order valence-electron chi connectivity index (χ2n) is 4.53. The molecule has 5 nitrogen and oxygen atoms in total. The van der Waals surface area contributed by atoms with E-state index >= 15 is 0 Å². The van der Waals surface area contributed by atoms with Gasteiger partial charge >= 0.3 is 0 Å². The van der Waals surface area contributed by atoms with Gasteiger partial charge < -0.3 is 0 Å². The lowest BCUT2D eigenvalue weighted by atomic mass is 10.4. The Kier molecular flexibility index (Phi) is 5.40. The van der Waals surface area contributed by atoms with Gasteiger partial charge in [-0.2, -0.15) is 16.1 Å². The van der Waals surface area contributed by atoms with Crippen molar-refractivity contribution >= 4 is 47.6 Å². The number of sulfone groups is 1. The van der Waals surface area contributed by atoms with Crippen molar-refractivity contribution in [2.45, 2.75) is 17.2 Å². The Bertz CT molecular complexity index is 718. The Morgan fingerprint density at radius 1 is 1.29 bits per heavy atom. The fraction of sp³-hybridized carbons (Fsp3) is 0.500. The van der Waals surface area contributed by atoms with E-state index < -0.39 is 25.2 Å². The van der Waals surface area contributed by atoms with Gasteiger partial charge in [-0.15, -0.1) is 0 Å². The molecular formula is C12H16BrNO4S3. The second kappa shape index (κ2) is 6.57. The first-order valence-electron chi connectivity index (χ1n) is 6.36. The first-order valence-corrected chi connectivity index (χ1v) is 11.5. The van der Waals surface area contributed by atoms with Crippen LogP contribution in [-0.4, -0.2) is 50.3 Å². The van der Waals surface area contributed by atoms with Crippen LogP contribution in [0.2, 0.25) is 0 Å². The highest BCUT2D eigenvalue weighted by atomic mass is 79.9. The maximum atomic E-state index is 12.8. The van der Waals surface area contributed by atoms with Crippen molar-refractivity contribution < 1.29 is 16.8 Å². The zero-order valence-corrected chi connectivity index (χ0v) is 15.4. The molecule has 1 atom stereocenters. The van der Waals surface area contributed by atoms with Gasteiger partial charge in [-0.1, -0.05) is 19.1 Å². The molecule has 1 heterocycles. The molecule has 1 fully saturated rings. The molecule has 0 bridgehead atoms. The fourth-order valence-corrected chi connectivity index (χ4v) is 8.31. The number of sulfonamides is 1. The number of nitrogens with zero attached hydrogens (tertiary/aromatic N) is 1. The second-order valence-corrected chi connectivity index (χ2v) is 10.8. The summed E-state index contributed by atoms with van der Waals surface area (Å²) in [6, 6.07) is 6.46. The minimum Gasteiger partial charge on any atom is -0.227 e. The summed E-state index contributed by atoms with van der Waals surface area (Å²) >= 11 is 4.69.